The second kappa shape index (κ2) is 17.8. The van der Waals surface area contributed by atoms with Gasteiger partial charge >= 0.3 is 0 Å². The summed E-state index contributed by atoms with van der Waals surface area (Å²) in [7, 11) is 1.50. The van der Waals surface area contributed by atoms with Gasteiger partial charge in [0.15, 0.2) is 18.2 Å². The van der Waals surface area contributed by atoms with Crippen LogP contribution >= 0.6 is 11.6 Å². The SMILES string of the molecule is CNC(=O)COc1cc2cc(Nc3nc(N4CCC(F)(CN5CC(N6CCC(c7ccc8c(c7)C(=O)N(C7CCC(=O)NC7=O)C8=O)CC6)C5)CC4)ncc3Cl)ccc2n(C(C)C)c1=O. The van der Waals surface area contributed by atoms with Crippen molar-refractivity contribution < 1.29 is 33.1 Å². The van der Waals surface area contributed by atoms with Crippen LogP contribution in [0.25, 0.3) is 10.9 Å². The highest BCUT2D eigenvalue weighted by Gasteiger charge is 2.46. The highest BCUT2D eigenvalue weighted by atomic mass is 35.5. The molecule has 0 radical (unpaired) electrons. The van der Waals surface area contributed by atoms with Crippen molar-refractivity contribution in [1.82, 2.24) is 39.9 Å². The predicted molar refractivity (Wildman–Crippen MR) is 241 cm³/mol. The monoisotopic (exact) mass is 910 g/mol. The van der Waals surface area contributed by atoms with Gasteiger partial charge in [-0.3, -0.25) is 48.8 Å². The van der Waals surface area contributed by atoms with Crippen LogP contribution in [-0.4, -0.2) is 136 Å². The van der Waals surface area contributed by atoms with E-state index >= 15 is 4.39 Å². The number of fused-ring (bicyclic) bond motifs is 2. The van der Waals surface area contributed by atoms with E-state index in [-0.39, 0.29) is 54.2 Å². The summed E-state index contributed by atoms with van der Waals surface area (Å²) in [4.78, 5) is 92.6. The van der Waals surface area contributed by atoms with Gasteiger partial charge in [0.25, 0.3) is 23.3 Å². The van der Waals surface area contributed by atoms with Gasteiger partial charge in [0.2, 0.25) is 17.8 Å². The van der Waals surface area contributed by atoms with Crippen LogP contribution in [0.4, 0.5) is 21.8 Å². The highest BCUT2D eigenvalue weighted by Crippen LogP contribution is 2.37. The number of hydrogen-bond donors (Lipinski definition) is 3. The maximum absolute atomic E-state index is 16.4. The summed E-state index contributed by atoms with van der Waals surface area (Å²) in [5.41, 5.74) is 1.28. The van der Waals surface area contributed by atoms with E-state index in [4.69, 9.17) is 21.3 Å². The first-order chi connectivity index (χ1) is 31.2. The molecular weight excluding hydrogens is 859 g/mol. The van der Waals surface area contributed by atoms with E-state index in [2.05, 4.69) is 30.7 Å². The second-order valence-corrected chi connectivity index (χ2v) is 18.5. The van der Waals surface area contributed by atoms with Crippen molar-refractivity contribution in [1.29, 1.82) is 0 Å². The fourth-order valence-corrected chi connectivity index (χ4v) is 10.0. The van der Waals surface area contributed by atoms with E-state index in [0.29, 0.717) is 77.5 Å². The Hall–Kier alpha value is -5.98. The quantitative estimate of drug-likeness (QED) is 0.172. The van der Waals surface area contributed by atoms with Crippen molar-refractivity contribution in [2.24, 2.45) is 0 Å². The summed E-state index contributed by atoms with van der Waals surface area (Å²) < 4.78 is 23.6. The molecule has 2 aromatic heterocycles. The number of piperidine rings is 3. The van der Waals surface area contributed by atoms with Crippen LogP contribution in [0.2, 0.25) is 5.02 Å². The van der Waals surface area contributed by atoms with Crippen molar-refractivity contribution in [3.05, 3.63) is 80.7 Å². The summed E-state index contributed by atoms with van der Waals surface area (Å²) in [5.74, 6) is -1.26. The van der Waals surface area contributed by atoms with Crippen LogP contribution in [0.15, 0.2) is 53.5 Å². The molecule has 2 aromatic carbocycles. The summed E-state index contributed by atoms with van der Waals surface area (Å²) >= 11 is 6.57. The largest absolute Gasteiger partial charge is 0.478 e. The average molecular weight is 911 g/mol. The summed E-state index contributed by atoms with van der Waals surface area (Å²) in [6.45, 7) is 8.13. The number of rotatable bonds is 12. The molecule has 1 atom stereocenters. The fraction of sp³-hybridized carbons (Fsp3) is 0.478. The number of likely N-dealkylation sites (tertiary alicyclic amines) is 2. The van der Waals surface area contributed by atoms with Gasteiger partial charge in [-0.05, 0) is 94.1 Å². The zero-order chi connectivity index (χ0) is 45.7. The topological polar surface area (TPSA) is 191 Å². The minimum atomic E-state index is -1.34. The molecule has 4 fully saturated rings. The van der Waals surface area contributed by atoms with Crippen molar-refractivity contribution >= 4 is 69.5 Å². The number of anilines is 3. The molecule has 65 heavy (non-hydrogen) atoms. The Labute approximate surface area is 379 Å². The van der Waals surface area contributed by atoms with Gasteiger partial charge < -0.3 is 24.8 Å². The number of imide groups is 2. The molecule has 19 heteroatoms. The van der Waals surface area contributed by atoms with Crippen molar-refractivity contribution in [3.8, 4) is 5.75 Å². The lowest BCUT2D eigenvalue weighted by atomic mass is 9.86. The number of nitrogens with zero attached hydrogens (tertiary/aromatic N) is 7. The molecule has 7 heterocycles. The van der Waals surface area contributed by atoms with E-state index < -0.39 is 35.3 Å². The molecule has 5 aliphatic rings. The Balaban J connectivity index is 0.759. The minimum absolute atomic E-state index is 0.0627. The van der Waals surface area contributed by atoms with E-state index in [9.17, 15) is 28.8 Å². The molecule has 4 aromatic rings. The van der Waals surface area contributed by atoms with Crippen LogP contribution in [0.1, 0.15) is 90.6 Å². The zero-order valence-electron chi connectivity index (χ0n) is 36.6. The van der Waals surface area contributed by atoms with Gasteiger partial charge in [-0.25, -0.2) is 9.37 Å². The fourth-order valence-electron chi connectivity index (χ4n) is 9.87. The molecule has 3 N–H and O–H groups in total. The second-order valence-electron chi connectivity index (χ2n) is 18.1. The van der Waals surface area contributed by atoms with E-state index in [1.807, 2.05) is 43.0 Å². The molecule has 5 aliphatic heterocycles. The number of ether oxygens (including phenoxy) is 1. The lowest BCUT2D eigenvalue weighted by molar-refractivity contribution is -0.136. The van der Waals surface area contributed by atoms with Crippen LogP contribution in [0.5, 0.6) is 5.75 Å². The molecular formula is C46H52ClFN10O7. The van der Waals surface area contributed by atoms with Crippen LogP contribution < -0.4 is 31.1 Å². The average Bonchev–Trinajstić information content (AvgIpc) is 3.52. The number of likely N-dealkylation sites (N-methyl/N-ethyl adjacent to an activating group) is 1. The molecule has 0 saturated carbocycles. The van der Waals surface area contributed by atoms with Gasteiger partial charge in [0, 0.05) is 82.2 Å². The Bertz CT molecular complexity index is 2640. The van der Waals surface area contributed by atoms with Crippen LogP contribution in [0.3, 0.4) is 0 Å². The van der Waals surface area contributed by atoms with Crippen molar-refractivity contribution in [2.75, 3.05) is 69.7 Å². The van der Waals surface area contributed by atoms with E-state index in [1.54, 1.807) is 22.8 Å². The Morgan fingerprint density at radius 2 is 1.71 bits per heavy atom. The third-order valence-corrected chi connectivity index (χ3v) is 13.8. The number of alkyl halides is 1. The number of aromatic nitrogens is 3. The summed E-state index contributed by atoms with van der Waals surface area (Å²) in [5, 5.41) is 9.03. The lowest BCUT2D eigenvalue weighted by Crippen LogP contribution is -2.63. The van der Waals surface area contributed by atoms with Gasteiger partial charge in [-0.2, -0.15) is 4.98 Å². The van der Waals surface area contributed by atoms with Crippen molar-refractivity contribution in [2.45, 2.75) is 82.1 Å². The molecule has 0 bridgehead atoms. The standard InChI is InChI=1S/C46H52ClFN10O7/c1-26(2)57-35-7-5-30(18-29(35)20-37(44(57)64)65-24-39(60)49-3)51-40-34(47)21-50-45(53-40)56-16-12-46(48,13-17-56)25-54-22-31(23-54)55-14-10-27(11-15-55)28-4-6-32-33(19-28)43(63)58(42(32)62)36-8-9-38(59)52-41(36)61/h4-7,18-21,26-27,31,36H,8-17,22-25H2,1-3H3,(H,49,60)(H,50,51,53)(H,52,59,61). The van der Waals surface area contributed by atoms with Crippen LogP contribution in [-0.2, 0) is 14.4 Å². The third-order valence-electron chi connectivity index (χ3n) is 13.5. The highest BCUT2D eigenvalue weighted by molar-refractivity contribution is 6.33. The van der Waals surface area contributed by atoms with Gasteiger partial charge in [0.05, 0.1) is 22.8 Å². The number of hydrogen-bond acceptors (Lipinski definition) is 13. The number of nitrogens with one attached hydrogen (secondary N) is 3. The van der Waals surface area contributed by atoms with Gasteiger partial charge in [-0.1, -0.05) is 17.7 Å². The number of halogens is 2. The molecule has 0 spiro atoms. The third kappa shape index (κ3) is 8.78. The zero-order valence-corrected chi connectivity index (χ0v) is 37.3. The first kappa shape index (κ1) is 44.2. The number of amides is 5. The smallest absolute Gasteiger partial charge is 0.293 e. The number of pyridine rings is 1. The Kier molecular flexibility index (Phi) is 12.1. The molecule has 9 rings (SSSR count). The maximum atomic E-state index is 16.4. The van der Waals surface area contributed by atoms with E-state index in [1.165, 1.54) is 13.2 Å². The molecule has 5 amide bonds. The first-order valence-electron chi connectivity index (χ1n) is 22.3. The molecule has 17 nitrogen and oxygen atoms in total. The Morgan fingerprint density at radius 1 is 0.969 bits per heavy atom. The molecule has 4 saturated heterocycles. The number of carbonyl (C=O) groups excluding carboxylic acids is 5. The normalized spacial score (nSPS) is 20.9. The summed E-state index contributed by atoms with van der Waals surface area (Å²) in [6, 6.07) is 11.7. The van der Waals surface area contributed by atoms with Crippen molar-refractivity contribution in [3.63, 3.8) is 0 Å². The van der Waals surface area contributed by atoms with E-state index in [0.717, 1.165) is 49.5 Å². The first-order valence-corrected chi connectivity index (χ1v) is 22.6. The number of carbonyl (C=O) groups is 5. The molecule has 1 unspecified atom stereocenters. The van der Waals surface area contributed by atoms with Crippen LogP contribution in [0, 0.1) is 0 Å². The number of benzene rings is 2. The molecule has 342 valence electrons. The lowest BCUT2D eigenvalue weighted by Gasteiger charge is -2.50. The summed E-state index contributed by atoms with van der Waals surface area (Å²) in [6.07, 6.45) is 4.18. The Morgan fingerprint density at radius 3 is 2.42 bits per heavy atom. The maximum Gasteiger partial charge on any atom is 0.293 e. The minimum Gasteiger partial charge on any atom is -0.478 e. The van der Waals surface area contributed by atoms with Gasteiger partial charge in [0.1, 0.15) is 16.7 Å². The van der Waals surface area contributed by atoms with Gasteiger partial charge in [-0.15, -0.1) is 0 Å². The molecule has 0 aliphatic carbocycles. The predicted octanol–water partition coefficient (Wildman–Crippen LogP) is 4.17.